The molecule has 0 aliphatic carbocycles. The molecule has 21 heavy (non-hydrogen) atoms. The highest BCUT2D eigenvalue weighted by molar-refractivity contribution is 5.92. The topological polar surface area (TPSA) is 79.4 Å². The summed E-state index contributed by atoms with van der Waals surface area (Å²) in [4.78, 5) is 16.0. The lowest BCUT2D eigenvalue weighted by molar-refractivity contribution is -0.0986. The number of anilines is 1. The van der Waals surface area contributed by atoms with Gasteiger partial charge in [0.05, 0.1) is 12.7 Å². The SMILES string of the molecule is CCC1(CC)CC(n2c(C)nc(C(=O)OC)c2N)CCO1. The van der Waals surface area contributed by atoms with E-state index < -0.39 is 5.97 Å². The average molecular weight is 295 g/mol. The molecule has 0 radical (unpaired) electrons. The van der Waals surface area contributed by atoms with E-state index in [1.165, 1.54) is 7.11 Å². The molecule has 1 unspecified atom stereocenters. The maximum atomic E-state index is 11.7. The van der Waals surface area contributed by atoms with E-state index in [4.69, 9.17) is 15.2 Å². The van der Waals surface area contributed by atoms with Gasteiger partial charge in [0.2, 0.25) is 0 Å². The fourth-order valence-corrected chi connectivity index (χ4v) is 3.23. The zero-order valence-corrected chi connectivity index (χ0v) is 13.3. The highest BCUT2D eigenvalue weighted by Crippen LogP contribution is 2.39. The minimum atomic E-state index is -0.487. The number of aromatic nitrogens is 2. The second-order valence-electron chi connectivity index (χ2n) is 5.64. The first kappa shape index (κ1) is 15.8. The molecule has 2 rings (SSSR count). The number of nitrogens with two attached hydrogens (primary N) is 1. The largest absolute Gasteiger partial charge is 0.464 e. The van der Waals surface area contributed by atoms with Crippen LogP contribution in [0.5, 0.6) is 0 Å². The fraction of sp³-hybridized carbons (Fsp3) is 0.733. The highest BCUT2D eigenvalue weighted by atomic mass is 16.5. The third-order valence-corrected chi connectivity index (χ3v) is 4.62. The first-order valence-corrected chi connectivity index (χ1v) is 7.54. The van der Waals surface area contributed by atoms with Crippen molar-refractivity contribution in [2.24, 2.45) is 0 Å². The van der Waals surface area contributed by atoms with Gasteiger partial charge in [0.15, 0.2) is 5.69 Å². The van der Waals surface area contributed by atoms with Gasteiger partial charge in [0, 0.05) is 12.6 Å². The van der Waals surface area contributed by atoms with Crippen molar-refractivity contribution in [1.29, 1.82) is 0 Å². The number of methoxy groups -OCH3 is 1. The predicted octanol–water partition coefficient (Wildman–Crippen LogP) is 2.47. The Morgan fingerprint density at radius 3 is 2.76 bits per heavy atom. The van der Waals surface area contributed by atoms with Crippen LogP contribution in [-0.4, -0.2) is 34.8 Å². The van der Waals surface area contributed by atoms with Gasteiger partial charge in [-0.1, -0.05) is 13.8 Å². The minimum absolute atomic E-state index is 0.0997. The Morgan fingerprint density at radius 2 is 2.19 bits per heavy atom. The molecule has 1 aliphatic rings. The third-order valence-electron chi connectivity index (χ3n) is 4.62. The summed E-state index contributed by atoms with van der Waals surface area (Å²) in [7, 11) is 1.34. The van der Waals surface area contributed by atoms with Crippen molar-refractivity contribution in [3.63, 3.8) is 0 Å². The van der Waals surface area contributed by atoms with E-state index in [1.807, 2.05) is 11.5 Å². The zero-order valence-electron chi connectivity index (χ0n) is 13.3. The Kier molecular flexibility index (Phi) is 4.56. The van der Waals surface area contributed by atoms with Gasteiger partial charge in [-0.25, -0.2) is 9.78 Å². The van der Waals surface area contributed by atoms with E-state index in [9.17, 15) is 4.79 Å². The standard InChI is InChI=1S/C15H25N3O3/c1-5-15(6-2)9-11(7-8-21-15)18-10(3)17-12(13(18)16)14(19)20-4/h11H,5-9,16H2,1-4H3. The Hall–Kier alpha value is -1.56. The molecule has 0 amide bonds. The molecule has 0 aromatic carbocycles. The van der Waals surface area contributed by atoms with E-state index in [1.54, 1.807) is 0 Å². The Morgan fingerprint density at radius 1 is 1.52 bits per heavy atom. The van der Waals surface area contributed by atoms with Crippen LogP contribution in [-0.2, 0) is 9.47 Å². The maximum Gasteiger partial charge on any atom is 0.360 e. The van der Waals surface area contributed by atoms with Crippen LogP contribution >= 0.6 is 0 Å². The second-order valence-corrected chi connectivity index (χ2v) is 5.64. The van der Waals surface area contributed by atoms with Gasteiger partial charge in [-0.2, -0.15) is 0 Å². The normalized spacial score (nSPS) is 21.2. The van der Waals surface area contributed by atoms with Crippen molar-refractivity contribution in [1.82, 2.24) is 9.55 Å². The van der Waals surface area contributed by atoms with Gasteiger partial charge in [0.25, 0.3) is 0 Å². The smallest absolute Gasteiger partial charge is 0.360 e. The number of nitrogen functional groups attached to an aromatic ring is 1. The quantitative estimate of drug-likeness (QED) is 0.863. The van der Waals surface area contributed by atoms with Crippen LogP contribution in [0.15, 0.2) is 0 Å². The molecule has 0 saturated carbocycles. The summed E-state index contributed by atoms with van der Waals surface area (Å²) in [6, 6.07) is 0.213. The van der Waals surface area contributed by atoms with E-state index in [0.29, 0.717) is 12.4 Å². The number of esters is 1. The number of nitrogens with zero attached hydrogens (tertiary/aromatic N) is 2. The van der Waals surface area contributed by atoms with Crippen LogP contribution in [0.4, 0.5) is 5.82 Å². The number of carbonyl (C=O) groups excluding carboxylic acids is 1. The van der Waals surface area contributed by atoms with Crippen LogP contribution < -0.4 is 5.73 Å². The monoisotopic (exact) mass is 295 g/mol. The van der Waals surface area contributed by atoms with Crippen molar-refractivity contribution in [2.75, 3.05) is 19.5 Å². The summed E-state index contributed by atoms with van der Waals surface area (Å²) in [6.45, 7) is 6.88. The molecule has 118 valence electrons. The Bertz CT molecular complexity index is 520. The molecule has 1 aromatic rings. The molecule has 1 fully saturated rings. The molecule has 0 spiro atoms. The molecule has 6 nitrogen and oxygen atoms in total. The predicted molar refractivity (Wildman–Crippen MR) is 80.3 cm³/mol. The van der Waals surface area contributed by atoms with Gasteiger partial charge in [-0.3, -0.25) is 0 Å². The van der Waals surface area contributed by atoms with E-state index in [0.717, 1.165) is 31.5 Å². The molecule has 2 N–H and O–H groups in total. The number of hydrogen-bond donors (Lipinski definition) is 1. The van der Waals surface area contributed by atoms with Crippen molar-refractivity contribution in [3.05, 3.63) is 11.5 Å². The van der Waals surface area contributed by atoms with Crippen molar-refractivity contribution in [2.45, 2.75) is 58.1 Å². The van der Waals surface area contributed by atoms with Gasteiger partial charge in [-0.15, -0.1) is 0 Å². The summed E-state index contributed by atoms with van der Waals surface area (Å²) in [5.74, 6) is 0.659. The van der Waals surface area contributed by atoms with Crippen LogP contribution in [0.2, 0.25) is 0 Å². The molecule has 1 atom stereocenters. The molecule has 1 aliphatic heterocycles. The van der Waals surface area contributed by atoms with E-state index in [2.05, 4.69) is 18.8 Å². The van der Waals surface area contributed by atoms with Gasteiger partial charge >= 0.3 is 5.97 Å². The molecule has 1 aromatic heterocycles. The lowest BCUT2D eigenvalue weighted by Gasteiger charge is -2.41. The minimum Gasteiger partial charge on any atom is -0.464 e. The molecule has 0 bridgehead atoms. The zero-order chi connectivity index (χ0) is 15.6. The molecular formula is C15H25N3O3. The Labute approximate surface area is 125 Å². The van der Waals surface area contributed by atoms with E-state index in [-0.39, 0.29) is 17.3 Å². The summed E-state index contributed by atoms with van der Waals surface area (Å²) < 4.78 is 12.7. The van der Waals surface area contributed by atoms with Gasteiger partial charge in [-0.05, 0) is 32.6 Å². The number of carbonyl (C=O) groups is 1. The second kappa shape index (κ2) is 6.05. The summed E-state index contributed by atoms with van der Waals surface area (Å²) >= 11 is 0. The van der Waals surface area contributed by atoms with Crippen molar-refractivity contribution < 1.29 is 14.3 Å². The fourth-order valence-electron chi connectivity index (χ4n) is 3.23. The first-order chi connectivity index (χ1) is 9.98. The Balaban J connectivity index is 2.34. The van der Waals surface area contributed by atoms with Crippen LogP contribution in [0.1, 0.15) is 61.9 Å². The van der Waals surface area contributed by atoms with Gasteiger partial charge in [0.1, 0.15) is 11.6 Å². The van der Waals surface area contributed by atoms with Crippen molar-refractivity contribution in [3.8, 4) is 0 Å². The third kappa shape index (κ3) is 2.77. The maximum absolute atomic E-state index is 11.7. The molecule has 2 heterocycles. The average Bonchev–Trinajstić information content (AvgIpc) is 2.81. The lowest BCUT2D eigenvalue weighted by atomic mass is 9.85. The van der Waals surface area contributed by atoms with Crippen molar-refractivity contribution >= 4 is 11.8 Å². The molecule has 6 heteroatoms. The van der Waals surface area contributed by atoms with Crippen LogP contribution in [0.3, 0.4) is 0 Å². The summed E-state index contributed by atoms with van der Waals surface area (Å²) in [5, 5.41) is 0. The van der Waals surface area contributed by atoms with Gasteiger partial charge < -0.3 is 19.8 Å². The first-order valence-electron chi connectivity index (χ1n) is 7.54. The number of ether oxygens (including phenoxy) is 2. The number of hydrogen-bond acceptors (Lipinski definition) is 5. The van der Waals surface area contributed by atoms with E-state index >= 15 is 0 Å². The highest BCUT2D eigenvalue weighted by Gasteiger charge is 2.37. The molecular weight excluding hydrogens is 270 g/mol. The summed E-state index contributed by atoms with van der Waals surface area (Å²) in [5.41, 5.74) is 6.25. The number of rotatable bonds is 4. The number of aryl methyl sites for hydroxylation is 1. The molecule has 1 saturated heterocycles. The summed E-state index contributed by atoms with van der Waals surface area (Å²) in [6.07, 6.45) is 3.71. The number of imidazole rings is 1. The lowest BCUT2D eigenvalue weighted by Crippen LogP contribution is -2.40. The van der Waals surface area contributed by atoms with Crippen LogP contribution in [0.25, 0.3) is 0 Å². The van der Waals surface area contributed by atoms with Crippen LogP contribution in [0, 0.1) is 6.92 Å².